The van der Waals surface area contributed by atoms with Crippen LogP contribution in [0.2, 0.25) is 5.02 Å². The zero-order valence-electron chi connectivity index (χ0n) is 12.0. The summed E-state index contributed by atoms with van der Waals surface area (Å²) in [6, 6.07) is 1.84. The fraction of sp³-hybridized carbons (Fsp3) is 0.357. The SMILES string of the molecule is CCc1c(-c2cnn(C)c2N)cc(Cl)c(OC)c1OC. The van der Waals surface area contributed by atoms with Crippen LogP contribution in [0.1, 0.15) is 12.5 Å². The number of nitrogens with zero attached hydrogens (tertiary/aromatic N) is 2. The molecule has 1 aromatic heterocycles. The normalized spacial score (nSPS) is 10.7. The zero-order valence-corrected chi connectivity index (χ0v) is 12.8. The van der Waals surface area contributed by atoms with Crippen molar-refractivity contribution in [3.05, 3.63) is 22.8 Å². The Labute approximate surface area is 123 Å². The highest BCUT2D eigenvalue weighted by Crippen LogP contribution is 2.44. The van der Waals surface area contributed by atoms with Crippen LogP contribution in [0.5, 0.6) is 11.5 Å². The van der Waals surface area contributed by atoms with E-state index in [4.69, 9.17) is 26.8 Å². The topological polar surface area (TPSA) is 62.3 Å². The highest BCUT2D eigenvalue weighted by molar-refractivity contribution is 6.32. The predicted octanol–water partition coefficient (Wildman–Crippen LogP) is 2.90. The molecule has 0 aliphatic carbocycles. The molecule has 2 N–H and O–H groups in total. The van der Waals surface area contributed by atoms with Gasteiger partial charge in [0, 0.05) is 18.2 Å². The smallest absolute Gasteiger partial charge is 0.179 e. The number of hydrogen-bond acceptors (Lipinski definition) is 4. The molecule has 0 bridgehead atoms. The van der Waals surface area contributed by atoms with Gasteiger partial charge in [-0.05, 0) is 18.1 Å². The summed E-state index contributed by atoms with van der Waals surface area (Å²) in [6.07, 6.45) is 2.49. The molecular formula is C14H18ClN3O2. The van der Waals surface area contributed by atoms with Gasteiger partial charge in [0.1, 0.15) is 5.82 Å². The van der Waals surface area contributed by atoms with E-state index in [1.54, 1.807) is 32.1 Å². The quantitative estimate of drug-likeness (QED) is 0.942. The van der Waals surface area contributed by atoms with Gasteiger partial charge in [0.05, 0.1) is 25.4 Å². The lowest BCUT2D eigenvalue weighted by atomic mass is 9.98. The van der Waals surface area contributed by atoms with E-state index in [0.717, 1.165) is 23.1 Å². The fourth-order valence-electron chi connectivity index (χ4n) is 2.30. The summed E-state index contributed by atoms with van der Waals surface area (Å²) in [6.45, 7) is 2.04. The van der Waals surface area contributed by atoms with Gasteiger partial charge < -0.3 is 15.2 Å². The van der Waals surface area contributed by atoms with Crippen LogP contribution in [0.4, 0.5) is 5.82 Å². The van der Waals surface area contributed by atoms with Gasteiger partial charge in [-0.25, -0.2) is 0 Å². The third kappa shape index (κ3) is 2.18. The van der Waals surface area contributed by atoms with Crippen LogP contribution in [0.15, 0.2) is 12.3 Å². The molecule has 5 nitrogen and oxygen atoms in total. The number of methoxy groups -OCH3 is 2. The van der Waals surface area contributed by atoms with Crippen LogP contribution < -0.4 is 15.2 Å². The molecule has 0 spiro atoms. The maximum absolute atomic E-state index is 6.28. The summed E-state index contributed by atoms with van der Waals surface area (Å²) in [5.41, 5.74) is 8.81. The van der Waals surface area contributed by atoms with Gasteiger partial charge in [0.2, 0.25) is 0 Å². The lowest BCUT2D eigenvalue weighted by Gasteiger charge is -2.17. The van der Waals surface area contributed by atoms with Crippen LogP contribution in [0.25, 0.3) is 11.1 Å². The predicted molar refractivity (Wildman–Crippen MR) is 80.5 cm³/mol. The highest BCUT2D eigenvalue weighted by Gasteiger charge is 2.21. The maximum Gasteiger partial charge on any atom is 0.179 e. The van der Waals surface area contributed by atoms with Gasteiger partial charge in [0.25, 0.3) is 0 Å². The Morgan fingerprint density at radius 1 is 1.25 bits per heavy atom. The van der Waals surface area contributed by atoms with E-state index in [2.05, 4.69) is 5.10 Å². The number of anilines is 1. The molecule has 0 atom stereocenters. The van der Waals surface area contributed by atoms with Crippen molar-refractivity contribution in [1.29, 1.82) is 0 Å². The van der Waals surface area contributed by atoms with Gasteiger partial charge in [-0.1, -0.05) is 18.5 Å². The molecule has 0 saturated carbocycles. The van der Waals surface area contributed by atoms with Gasteiger partial charge >= 0.3 is 0 Å². The summed E-state index contributed by atoms with van der Waals surface area (Å²) in [5, 5.41) is 4.66. The summed E-state index contributed by atoms with van der Waals surface area (Å²) in [7, 11) is 4.97. The van der Waals surface area contributed by atoms with E-state index in [-0.39, 0.29) is 0 Å². The van der Waals surface area contributed by atoms with E-state index >= 15 is 0 Å². The Morgan fingerprint density at radius 3 is 2.35 bits per heavy atom. The number of aryl methyl sites for hydroxylation is 1. The lowest BCUT2D eigenvalue weighted by Crippen LogP contribution is -2.01. The van der Waals surface area contributed by atoms with E-state index < -0.39 is 0 Å². The second kappa shape index (κ2) is 5.63. The monoisotopic (exact) mass is 295 g/mol. The van der Waals surface area contributed by atoms with Gasteiger partial charge in [-0.2, -0.15) is 5.10 Å². The minimum absolute atomic E-state index is 0.486. The van der Waals surface area contributed by atoms with E-state index in [0.29, 0.717) is 22.3 Å². The molecule has 0 saturated heterocycles. The fourth-order valence-corrected chi connectivity index (χ4v) is 2.57. The van der Waals surface area contributed by atoms with Crippen molar-refractivity contribution in [3.8, 4) is 22.6 Å². The average Bonchev–Trinajstić information content (AvgIpc) is 2.77. The summed E-state index contributed by atoms with van der Waals surface area (Å²) in [5.74, 6) is 1.76. The maximum atomic E-state index is 6.28. The lowest BCUT2D eigenvalue weighted by molar-refractivity contribution is 0.352. The van der Waals surface area contributed by atoms with Crippen molar-refractivity contribution < 1.29 is 9.47 Å². The Morgan fingerprint density at radius 2 is 1.90 bits per heavy atom. The van der Waals surface area contributed by atoms with Crippen LogP contribution >= 0.6 is 11.6 Å². The Balaban J connectivity index is 2.77. The Kier molecular flexibility index (Phi) is 4.09. The zero-order chi connectivity index (χ0) is 14.9. The van der Waals surface area contributed by atoms with E-state index in [1.807, 2.05) is 13.0 Å². The van der Waals surface area contributed by atoms with Crippen molar-refractivity contribution in [2.24, 2.45) is 7.05 Å². The van der Waals surface area contributed by atoms with E-state index in [9.17, 15) is 0 Å². The highest BCUT2D eigenvalue weighted by atomic mass is 35.5. The molecule has 0 aliphatic heterocycles. The summed E-state index contributed by atoms with van der Waals surface area (Å²) >= 11 is 6.28. The second-order valence-electron chi connectivity index (χ2n) is 4.37. The Hall–Kier alpha value is -1.88. The number of aromatic nitrogens is 2. The molecule has 0 fully saturated rings. The molecular weight excluding hydrogens is 278 g/mol. The van der Waals surface area contributed by atoms with Gasteiger partial charge in [-0.15, -0.1) is 0 Å². The number of hydrogen-bond donors (Lipinski definition) is 1. The summed E-state index contributed by atoms with van der Waals surface area (Å²) < 4.78 is 12.4. The number of benzene rings is 1. The van der Waals surface area contributed by atoms with Crippen LogP contribution in [-0.4, -0.2) is 24.0 Å². The van der Waals surface area contributed by atoms with Gasteiger partial charge in [-0.3, -0.25) is 4.68 Å². The molecule has 20 heavy (non-hydrogen) atoms. The van der Waals surface area contributed by atoms with Crippen molar-refractivity contribution in [2.75, 3.05) is 20.0 Å². The first kappa shape index (κ1) is 14.5. The van der Waals surface area contributed by atoms with Crippen molar-refractivity contribution in [1.82, 2.24) is 9.78 Å². The van der Waals surface area contributed by atoms with Crippen molar-refractivity contribution >= 4 is 17.4 Å². The molecule has 1 heterocycles. The van der Waals surface area contributed by atoms with Crippen LogP contribution in [0, 0.1) is 0 Å². The first-order valence-corrected chi connectivity index (χ1v) is 6.64. The number of halogens is 1. The molecule has 2 aromatic rings. The molecule has 6 heteroatoms. The minimum Gasteiger partial charge on any atom is -0.492 e. The largest absolute Gasteiger partial charge is 0.492 e. The number of ether oxygens (including phenoxy) is 2. The minimum atomic E-state index is 0.486. The summed E-state index contributed by atoms with van der Waals surface area (Å²) in [4.78, 5) is 0. The molecule has 2 rings (SSSR count). The standard InChI is InChI=1S/C14H18ClN3O2/c1-5-8-9(10-7-17-18(2)14(10)16)6-11(15)13(20-4)12(8)19-3/h6-7H,5,16H2,1-4H3. The van der Waals surface area contributed by atoms with Crippen LogP contribution in [0.3, 0.4) is 0 Å². The van der Waals surface area contributed by atoms with Gasteiger partial charge in [0.15, 0.2) is 11.5 Å². The van der Waals surface area contributed by atoms with Crippen LogP contribution in [-0.2, 0) is 13.5 Å². The molecule has 1 aromatic carbocycles. The second-order valence-corrected chi connectivity index (χ2v) is 4.78. The molecule has 0 unspecified atom stereocenters. The average molecular weight is 296 g/mol. The molecule has 0 aliphatic rings. The molecule has 0 amide bonds. The number of nitrogen functional groups attached to an aromatic ring is 1. The van der Waals surface area contributed by atoms with Crippen molar-refractivity contribution in [2.45, 2.75) is 13.3 Å². The Bertz CT molecular complexity index is 638. The third-order valence-electron chi connectivity index (χ3n) is 3.33. The first-order chi connectivity index (χ1) is 9.54. The van der Waals surface area contributed by atoms with Crippen molar-refractivity contribution in [3.63, 3.8) is 0 Å². The number of nitrogens with two attached hydrogens (primary N) is 1. The third-order valence-corrected chi connectivity index (χ3v) is 3.61. The number of rotatable bonds is 4. The molecule has 0 radical (unpaired) electrons. The first-order valence-electron chi connectivity index (χ1n) is 6.26. The molecule has 108 valence electrons. The van der Waals surface area contributed by atoms with E-state index in [1.165, 1.54) is 0 Å².